The van der Waals surface area contributed by atoms with Crippen molar-refractivity contribution in [2.45, 2.75) is 38.8 Å². The molecule has 1 aliphatic rings. The molecule has 8 heteroatoms. The smallest absolute Gasteiger partial charge is 0.495 e. The van der Waals surface area contributed by atoms with Gasteiger partial charge in [-0.15, -0.1) is 21.8 Å². The molecule has 6 nitrogen and oxygen atoms in total. The van der Waals surface area contributed by atoms with Gasteiger partial charge in [-0.3, -0.25) is 4.90 Å². The average molecular weight is 468 g/mol. The molecule has 170 valence electrons. The van der Waals surface area contributed by atoms with Crippen LogP contribution in [0.25, 0.3) is 0 Å². The van der Waals surface area contributed by atoms with Gasteiger partial charge < -0.3 is 9.64 Å². The molecular weight excluding hydrogens is 435 g/mol. The predicted molar refractivity (Wildman–Crippen MR) is 127 cm³/mol. The van der Waals surface area contributed by atoms with Crippen molar-refractivity contribution in [2.24, 2.45) is 0 Å². The van der Waals surface area contributed by atoms with Crippen molar-refractivity contribution in [3.8, 4) is 5.75 Å². The highest BCUT2D eigenvalue weighted by molar-refractivity contribution is 7.32. The van der Waals surface area contributed by atoms with E-state index in [4.69, 9.17) is 9.26 Å². The standard InChI is InChI=1S/C23H31N2O4P.ClH/c1-4-23(5-2,29-30(26)27)20-12-10-19(11-13-20)18-24-14-16-25(17-15-24)21-8-6-7-9-22(21)28-3;/h6-13H,4-5,14-18H2,1-3H3;1H/p+1. The number of nitrogens with zero attached hydrogens (tertiary/aromatic N) is 2. The number of hydrogen-bond donors (Lipinski definition) is 1. The Balaban J connectivity index is 0.00000341. The topological polar surface area (TPSA) is 62.2 Å². The molecule has 1 fully saturated rings. The normalized spacial score (nSPS) is 15.4. The summed E-state index contributed by atoms with van der Waals surface area (Å²) in [7, 11) is -0.928. The van der Waals surface area contributed by atoms with Gasteiger partial charge in [0, 0.05) is 37.3 Å². The minimum Gasteiger partial charge on any atom is -0.495 e. The van der Waals surface area contributed by atoms with Gasteiger partial charge in [0.25, 0.3) is 0 Å². The van der Waals surface area contributed by atoms with Crippen LogP contribution < -0.4 is 9.64 Å². The van der Waals surface area contributed by atoms with Gasteiger partial charge in [0.1, 0.15) is 5.75 Å². The van der Waals surface area contributed by atoms with E-state index < -0.39 is 13.9 Å². The molecule has 0 saturated carbocycles. The summed E-state index contributed by atoms with van der Waals surface area (Å²) < 4.78 is 22.2. The Hall–Kier alpha value is -1.69. The number of ether oxygens (including phenoxy) is 1. The maximum atomic E-state index is 11.3. The second-order valence-electron chi connectivity index (χ2n) is 7.66. The van der Waals surface area contributed by atoms with Crippen molar-refractivity contribution in [1.29, 1.82) is 0 Å². The van der Waals surface area contributed by atoms with Gasteiger partial charge in [-0.2, -0.15) is 0 Å². The van der Waals surface area contributed by atoms with Gasteiger partial charge in [0.2, 0.25) is 0 Å². The van der Waals surface area contributed by atoms with Crippen molar-refractivity contribution in [3.63, 3.8) is 0 Å². The van der Waals surface area contributed by atoms with Crippen LogP contribution in [0.3, 0.4) is 0 Å². The summed E-state index contributed by atoms with van der Waals surface area (Å²) in [5, 5.41) is 0. The fraction of sp³-hybridized carbons (Fsp3) is 0.478. The molecule has 0 radical (unpaired) electrons. The van der Waals surface area contributed by atoms with Crippen LogP contribution in [0.15, 0.2) is 48.5 Å². The van der Waals surface area contributed by atoms with E-state index >= 15 is 0 Å². The molecule has 0 aromatic heterocycles. The maximum Gasteiger partial charge on any atom is 0.695 e. The van der Waals surface area contributed by atoms with Crippen LogP contribution in [0.5, 0.6) is 5.75 Å². The number of hydrogen-bond acceptors (Lipinski definition) is 5. The molecule has 1 aliphatic heterocycles. The Labute approximate surface area is 192 Å². The zero-order valence-electron chi connectivity index (χ0n) is 18.5. The van der Waals surface area contributed by atoms with Crippen LogP contribution in [-0.2, 0) is 21.2 Å². The predicted octanol–water partition coefficient (Wildman–Crippen LogP) is 5.12. The molecule has 1 N–H and O–H groups in total. The van der Waals surface area contributed by atoms with E-state index in [0.29, 0.717) is 12.8 Å². The minimum absolute atomic E-state index is 0. The molecule has 1 unspecified atom stereocenters. The van der Waals surface area contributed by atoms with E-state index in [9.17, 15) is 9.46 Å². The molecule has 1 saturated heterocycles. The number of methoxy groups -OCH3 is 1. The first-order chi connectivity index (χ1) is 14.5. The van der Waals surface area contributed by atoms with Crippen molar-refractivity contribution in [3.05, 3.63) is 59.7 Å². The van der Waals surface area contributed by atoms with E-state index in [1.807, 2.05) is 38.1 Å². The fourth-order valence-corrected chi connectivity index (χ4v) is 4.86. The summed E-state index contributed by atoms with van der Waals surface area (Å²) in [6.07, 6.45) is 1.30. The second-order valence-corrected chi connectivity index (χ2v) is 8.32. The monoisotopic (exact) mass is 467 g/mol. The number of rotatable bonds is 9. The van der Waals surface area contributed by atoms with Crippen LogP contribution in [-0.4, -0.2) is 43.1 Å². The fourth-order valence-electron chi connectivity index (χ4n) is 4.20. The van der Waals surface area contributed by atoms with Gasteiger partial charge in [-0.05, 0) is 36.1 Å². The summed E-state index contributed by atoms with van der Waals surface area (Å²) in [4.78, 5) is 14.1. The molecule has 3 rings (SSSR count). The lowest BCUT2D eigenvalue weighted by Gasteiger charge is -2.36. The number of para-hydroxylation sites is 2. The van der Waals surface area contributed by atoms with E-state index in [1.54, 1.807) is 7.11 Å². The Morgan fingerprint density at radius 1 is 1.00 bits per heavy atom. The van der Waals surface area contributed by atoms with Crippen LogP contribution in [0, 0.1) is 0 Å². The lowest BCUT2D eigenvalue weighted by atomic mass is 9.88. The Morgan fingerprint density at radius 3 is 2.16 bits per heavy atom. The Bertz CT molecular complexity index is 838. The molecule has 0 aliphatic carbocycles. The largest absolute Gasteiger partial charge is 0.695 e. The molecule has 2 aromatic rings. The molecular formula is C23H33ClN2O4P+. The molecule has 0 amide bonds. The third-order valence-electron chi connectivity index (χ3n) is 6.08. The first-order valence-corrected chi connectivity index (χ1v) is 11.7. The summed E-state index contributed by atoms with van der Waals surface area (Å²) in [5.41, 5.74) is 2.64. The van der Waals surface area contributed by atoms with E-state index in [1.165, 1.54) is 5.56 Å². The van der Waals surface area contributed by atoms with Gasteiger partial charge >= 0.3 is 8.25 Å². The Kier molecular flexibility index (Phi) is 9.73. The highest BCUT2D eigenvalue weighted by Crippen LogP contribution is 2.40. The van der Waals surface area contributed by atoms with Crippen molar-refractivity contribution < 1.29 is 18.7 Å². The maximum absolute atomic E-state index is 11.3. The molecule has 0 spiro atoms. The minimum atomic E-state index is -2.64. The van der Waals surface area contributed by atoms with E-state index in [0.717, 1.165) is 49.7 Å². The second kappa shape index (κ2) is 11.8. The van der Waals surface area contributed by atoms with Crippen molar-refractivity contribution in [1.82, 2.24) is 4.90 Å². The highest BCUT2D eigenvalue weighted by atomic mass is 35.5. The van der Waals surface area contributed by atoms with Gasteiger partial charge in [-0.1, -0.05) is 50.2 Å². The SMILES string of the molecule is CCC(CC)(O[P+](=O)O)c1ccc(CN2CCN(c3ccccc3OC)CC2)cc1.Cl. The van der Waals surface area contributed by atoms with E-state index in [-0.39, 0.29) is 12.4 Å². The third-order valence-corrected chi connectivity index (χ3v) is 6.59. The van der Waals surface area contributed by atoms with Crippen LogP contribution in [0.2, 0.25) is 0 Å². The van der Waals surface area contributed by atoms with Gasteiger partial charge in [-0.25, -0.2) is 0 Å². The number of benzene rings is 2. The van der Waals surface area contributed by atoms with Gasteiger partial charge in [0.05, 0.1) is 12.8 Å². The summed E-state index contributed by atoms with van der Waals surface area (Å²) in [6, 6.07) is 16.5. The van der Waals surface area contributed by atoms with Crippen LogP contribution in [0.4, 0.5) is 5.69 Å². The van der Waals surface area contributed by atoms with Gasteiger partial charge in [0.15, 0.2) is 5.60 Å². The van der Waals surface area contributed by atoms with Crippen LogP contribution in [0.1, 0.15) is 37.8 Å². The zero-order valence-corrected chi connectivity index (χ0v) is 20.2. The molecule has 1 heterocycles. The summed E-state index contributed by atoms with van der Waals surface area (Å²) >= 11 is 0. The first-order valence-electron chi connectivity index (χ1n) is 10.6. The third kappa shape index (κ3) is 6.18. The first kappa shape index (κ1) is 25.6. The average Bonchev–Trinajstić information content (AvgIpc) is 2.78. The van der Waals surface area contributed by atoms with Crippen LogP contribution >= 0.6 is 20.7 Å². The lowest BCUT2D eigenvalue weighted by Crippen LogP contribution is -2.46. The lowest BCUT2D eigenvalue weighted by molar-refractivity contribution is 0.0536. The number of halogens is 1. The molecule has 1 atom stereocenters. The van der Waals surface area contributed by atoms with Crippen molar-refractivity contribution >= 4 is 26.3 Å². The molecule has 2 aromatic carbocycles. The quantitative estimate of drug-likeness (QED) is 0.516. The number of anilines is 1. The summed E-state index contributed by atoms with van der Waals surface area (Å²) in [5.74, 6) is 0.920. The van der Waals surface area contributed by atoms with E-state index in [2.05, 4.69) is 34.1 Å². The summed E-state index contributed by atoms with van der Waals surface area (Å²) in [6.45, 7) is 8.76. The number of piperazine rings is 1. The zero-order chi connectivity index (χ0) is 21.6. The van der Waals surface area contributed by atoms with Crippen molar-refractivity contribution in [2.75, 3.05) is 38.2 Å². The highest BCUT2D eigenvalue weighted by Gasteiger charge is 2.39. The molecule has 0 bridgehead atoms. The molecule has 31 heavy (non-hydrogen) atoms. The Morgan fingerprint density at radius 2 is 1.61 bits per heavy atom.